The minimum Gasteiger partial charge on any atom is -0.324 e. The number of nitrogens with one attached hydrogen (secondary N) is 1. The molecule has 1 aromatic carbocycles. The van der Waals surface area contributed by atoms with Gasteiger partial charge in [0.25, 0.3) is 0 Å². The summed E-state index contributed by atoms with van der Waals surface area (Å²) in [5, 5.41) is 3.08. The van der Waals surface area contributed by atoms with E-state index in [0.717, 1.165) is 29.9 Å². The first-order chi connectivity index (χ1) is 9.66. The Bertz CT molecular complexity index is 428. The molecule has 1 aromatic rings. The van der Waals surface area contributed by atoms with Crippen LogP contribution >= 0.6 is 0 Å². The summed E-state index contributed by atoms with van der Waals surface area (Å²) in [6.07, 6.45) is 6.39. The van der Waals surface area contributed by atoms with E-state index in [9.17, 15) is 4.79 Å². The van der Waals surface area contributed by atoms with Crippen molar-refractivity contribution in [3.63, 3.8) is 0 Å². The van der Waals surface area contributed by atoms with Gasteiger partial charge in [-0.3, -0.25) is 9.69 Å². The SMILES string of the molecule is Cc1cccc(C)c1NC(=O)CN1CCCCCCC1. The molecule has 20 heavy (non-hydrogen) atoms. The average Bonchev–Trinajstić information content (AvgIpc) is 2.37. The molecule has 1 amide bonds. The van der Waals surface area contributed by atoms with E-state index in [1.165, 1.54) is 32.1 Å². The van der Waals surface area contributed by atoms with E-state index in [2.05, 4.69) is 10.2 Å². The molecular weight excluding hydrogens is 248 g/mol. The summed E-state index contributed by atoms with van der Waals surface area (Å²) in [5.41, 5.74) is 3.24. The number of benzene rings is 1. The fourth-order valence-electron chi connectivity index (χ4n) is 2.86. The Hall–Kier alpha value is -1.35. The lowest BCUT2D eigenvalue weighted by Gasteiger charge is -2.24. The second-order valence-corrected chi connectivity index (χ2v) is 5.86. The van der Waals surface area contributed by atoms with Crippen molar-refractivity contribution in [3.8, 4) is 0 Å². The number of hydrogen-bond donors (Lipinski definition) is 1. The number of hydrogen-bond acceptors (Lipinski definition) is 2. The van der Waals surface area contributed by atoms with Crippen LogP contribution in [-0.2, 0) is 4.79 Å². The van der Waals surface area contributed by atoms with Gasteiger partial charge in [-0.25, -0.2) is 0 Å². The Balaban J connectivity index is 1.91. The van der Waals surface area contributed by atoms with Crippen LogP contribution in [0.5, 0.6) is 0 Å². The van der Waals surface area contributed by atoms with Crippen molar-refractivity contribution in [1.29, 1.82) is 0 Å². The number of nitrogens with zero attached hydrogens (tertiary/aromatic N) is 1. The molecule has 3 heteroatoms. The fourth-order valence-corrected chi connectivity index (χ4v) is 2.86. The molecule has 0 spiro atoms. The maximum atomic E-state index is 12.2. The van der Waals surface area contributed by atoms with Crippen molar-refractivity contribution in [2.75, 3.05) is 25.0 Å². The van der Waals surface area contributed by atoms with Crippen LogP contribution in [0.15, 0.2) is 18.2 Å². The van der Waals surface area contributed by atoms with E-state index in [4.69, 9.17) is 0 Å². The van der Waals surface area contributed by atoms with Crippen LogP contribution in [0, 0.1) is 13.8 Å². The molecule has 110 valence electrons. The van der Waals surface area contributed by atoms with E-state index in [0.29, 0.717) is 6.54 Å². The van der Waals surface area contributed by atoms with Gasteiger partial charge < -0.3 is 5.32 Å². The highest BCUT2D eigenvalue weighted by Crippen LogP contribution is 2.19. The predicted octanol–water partition coefficient (Wildman–Crippen LogP) is 3.51. The number of carbonyl (C=O) groups is 1. The summed E-state index contributed by atoms with van der Waals surface area (Å²) in [6, 6.07) is 6.11. The van der Waals surface area contributed by atoms with Gasteiger partial charge >= 0.3 is 0 Å². The van der Waals surface area contributed by atoms with E-state index in [1.54, 1.807) is 0 Å². The second-order valence-electron chi connectivity index (χ2n) is 5.86. The van der Waals surface area contributed by atoms with Gasteiger partial charge in [0.15, 0.2) is 0 Å². The Morgan fingerprint density at radius 2 is 1.60 bits per heavy atom. The maximum absolute atomic E-state index is 12.2. The van der Waals surface area contributed by atoms with E-state index >= 15 is 0 Å². The number of rotatable bonds is 3. The molecule has 0 aromatic heterocycles. The Labute approximate surface area is 122 Å². The largest absolute Gasteiger partial charge is 0.324 e. The monoisotopic (exact) mass is 274 g/mol. The third-order valence-electron chi connectivity index (χ3n) is 4.06. The third-order valence-corrected chi connectivity index (χ3v) is 4.06. The minimum atomic E-state index is 0.114. The lowest BCUT2D eigenvalue weighted by Crippen LogP contribution is -2.35. The first-order valence-corrected chi connectivity index (χ1v) is 7.75. The fraction of sp³-hybridized carbons (Fsp3) is 0.588. The summed E-state index contributed by atoms with van der Waals surface area (Å²) in [4.78, 5) is 14.5. The quantitative estimate of drug-likeness (QED) is 0.915. The molecule has 0 aliphatic carbocycles. The molecular formula is C17H26N2O. The molecule has 0 radical (unpaired) electrons. The van der Waals surface area contributed by atoms with Crippen LogP contribution in [0.3, 0.4) is 0 Å². The van der Waals surface area contributed by atoms with Crippen LogP contribution in [-0.4, -0.2) is 30.4 Å². The van der Waals surface area contributed by atoms with Crippen molar-refractivity contribution in [2.24, 2.45) is 0 Å². The summed E-state index contributed by atoms with van der Waals surface area (Å²) >= 11 is 0. The normalized spacial score (nSPS) is 17.3. The molecule has 0 atom stereocenters. The van der Waals surface area contributed by atoms with Crippen LogP contribution in [0.2, 0.25) is 0 Å². The zero-order chi connectivity index (χ0) is 14.4. The van der Waals surface area contributed by atoms with Crippen molar-refractivity contribution < 1.29 is 4.79 Å². The molecule has 0 unspecified atom stereocenters. The molecule has 3 nitrogen and oxygen atoms in total. The minimum absolute atomic E-state index is 0.114. The van der Waals surface area contributed by atoms with Gasteiger partial charge in [-0.1, -0.05) is 37.5 Å². The second kappa shape index (κ2) is 7.44. The highest BCUT2D eigenvalue weighted by molar-refractivity contribution is 5.93. The van der Waals surface area contributed by atoms with E-state index in [1.807, 2.05) is 32.0 Å². The summed E-state index contributed by atoms with van der Waals surface area (Å²) in [6.45, 7) is 6.71. The third kappa shape index (κ3) is 4.34. The zero-order valence-corrected chi connectivity index (χ0v) is 12.7. The van der Waals surface area contributed by atoms with Crippen molar-refractivity contribution >= 4 is 11.6 Å². The van der Waals surface area contributed by atoms with Gasteiger partial charge in [0.05, 0.1) is 6.54 Å². The van der Waals surface area contributed by atoms with Crippen LogP contribution in [0.25, 0.3) is 0 Å². The van der Waals surface area contributed by atoms with Crippen LogP contribution in [0.4, 0.5) is 5.69 Å². The maximum Gasteiger partial charge on any atom is 0.238 e. The first-order valence-electron chi connectivity index (χ1n) is 7.75. The number of aryl methyl sites for hydroxylation is 2. The summed E-state index contributed by atoms with van der Waals surface area (Å²) in [7, 11) is 0. The van der Waals surface area contributed by atoms with Gasteiger partial charge in [0.2, 0.25) is 5.91 Å². The molecule has 1 heterocycles. The number of anilines is 1. The molecule has 1 N–H and O–H groups in total. The zero-order valence-electron chi connectivity index (χ0n) is 12.7. The lowest BCUT2D eigenvalue weighted by molar-refractivity contribution is -0.117. The highest BCUT2D eigenvalue weighted by Gasteiger charge is 2.13. The number of amides is 1. The van der Waals surface area contributed by atoms with Gasteiger partial charge in [-0.2, -0.15) is 0 Å². The topological polar surface area (TPSA) is 32.3 Å². The van der Waals surface area contributed by atoms with Crippen LogP contribution < -0.4 is 5.32 Å². The Morgan fingerprint density at radius 1 is 1.05 bits per heavy atom. The molecule has 1 aliphatic rings. The van der Waals surface area contributed by atoms with Crippen molar-refractivity contribution in [2.45, 2.75) is 46.0 Å². The molecule has 1 saturated heterocycles. The average molecular weight is 274 g/mol. The molecule has 0 saturated carbocycles. The van der Waals surface area contributed by atoms with Crippen molar-refractivity contribution in [3.05, 3.63) is 29.3 Å². The smallest absolute Gasteiger partial charge is 0.238 e. The van der Waals surface area contributed by atoms with Gasteiger partial charge in [-0.05, 0) is 50.9 Å². The first kappa shape index (κ1) is 15.0. The number of likely N-dealkylation sites (tertiary alicyclic amines) is 1. The Morgan fingerprint density at radius 3 is 2.20 bits per heavy atom. The molecule has 1 aliphatic heterocycles. The number of para-hydroxylation sites is 1. The highest BCUT2D eigenvalue weighted by atomic mass is 16.2. The van der Waals surface area contributed by atoms with E-state index < -0.39 is 0 Å². The van der Waals surface area contributed by atoms with Gasteiger partial charge in [-0.15, -0.1) is 0 Å². The standard InChI is InChI=1S/C17H26N2O/c1-14-9-8-10-15(2)17(14)18-16(20)13-19-11-6-4-3-5-7-12-19/h8-10H,3-7,11-13H2,1-2H3,(H,18,20). The number of carbonyl (C=O) groups excluding carboxylic acids is 1. The lowest BCUT2D eigenvalue weighted by atomic mass is 10.1. The van der Waals surface area contributed by atoms with Crippen molar-refractivity contribution in [1.82, 2.24) is 4.90 Å². The van der Waals surface area contributed by atoms with E-state index in [-0.39, 0.29) is 5.91 Å². The molecule has 1 fully saturated rings. The summed E-state index contributed by atoms with van der Waals surface area (Å²) in [5.74, 6) is 0.114. The van der Waals surface area contributed by atoms with Gasteiger partial charge in [0.1, 0.15) is 0 Å². The molecule has 0 bridgehead atoms. The molecule has 2 rings (SSSR count). The van der Waals surface area contributed by atoms with Gasteiger partial charge in [0, 0.05) is 5.69 Å². The predicted molar refractivity (Wildman–Crippen MR) is 84.1 cm³/mol. The summed E-state index contributed by atoms with van der Waals surface area (Å²) < 4.78 is 0. The van der Waals surface area contributed by atoms with Crippen LogP contribution in [0.1, 0.15) is 43.2 Å². The Kier molecular flexibility index (Phi) is 5.60.